The highest BCUT2D eigenvalue weighted by Crippen LogP contribution is 2.58. The zero-order chi connectivity index (χ0) is 22.5. The second kappa shape index (κ2) is 7.91. The van der Waals surface area contributed by atoms with Crippen LogP contribution in [0.2, 0.25) is 0 Å². The quantitative estimate of drug-likeness (QED) is 0.552. The number of pyridine rings is 1. The molecule has 2 fully saturated rings. The van der Waals surface area contributed by atoms with Gasteiger partial charge in [-0.15, -0.1) is 0 Å². The van der Waals surface area contributed by atoms with Crippen LogP contribution in [0, 0.1) is 5.41 Å². The monoisotopic (exact) mass is 441 g/mol. The summed E-state index contributed by atoms with van der Waals surface area (Å²) in [5.41, 5.74) is 3.29. The van der Waals surface area contributed by atoms with E-state index < -0.39 is 11.6 Å². The number of halogens is 3. The Labute approximate surface area is 187 Å². The maximum Gasteiger partial charge on any atom is 0.395 e. The number of rotatable bonds is 4. The number of hydrogen-bond acceptors (Lipinski definition) is 3. The molecular formula is C26H30F3N3. The first-order chi connectivity index (χ1) is 15.3. The maximum atomic E-state index is 13.3. The molecule has 2 aliphatic heterocycles. The van der Waals surface area contributed by atoms with Crippen molar-refractivity contribution in [2.24, 2.45) is 5.41 Å². The van der Waals surface area contributed by atoms with Crippen molar-refractivity contribution >= 4 is 16.5 Å². The van der Waals surface area contributed by atoms with Gasteiger partial charge in [0.2, 0.25) is 0 Å². The summed E-state index contributed by atoms with van der Waals surface area (Å²) < 4.78 is 39.9. The lowest BCUT2D eigenvalue weighted by atomic mass is 9.91. The zero-order valence-corrected chi connectivity index (χ0v) is 18.8. The summed E-state index contributed by atoms with van der Waals surface area (Å²) in [4.78, 5) is 8.95. The average molecular weight is 442 g/mol. The molecular weight excluding hydrogens is 411 g/mol. The first-order valence-corrected chi connectivity index (χ1v) is 11.6. The molecule has 32 heavy (non-hydrogen) atoms. The average Bonchev–Trinajstić information content (AvgIpc) is 3.56. The van der Waals surface area contributed by atoms with Gasteiger partial charge in [-0.3, -0.25) is 4.98 Å². The van der Waals surface area contributed by atoms with Gasteiger partial charge in [-0.05, 0) is 75.2 Å². The van der Waals surface area contributed by atoms with Crippen molar-refractivity contribution in [2.45, 2.75) is 51.1 Å². The third kappa shape index (κ3) is 3.94. The highest BCUT2D eigenvalue weighted by Gasteiger charge is 2.63. The molecule has 1 saturated heterocycles. The molecule has 1 aliphatic carbocycles. The molecule has 0 atom stereocenters. The van der Waals surface area contributed by atoms with Gasteiger partial charge in [-0.1, -0.05) is 24.3 Å². The molecule has 0 radical (unpaired) electrons. The number of nitrogens with zero attached hydrogens (tertiary/aromatic N) is 3. The molecule has 6 heteroatoms. The molecule has 0 spiro atoms. The fourth-order valence-corrected chi connectivity index (χ4v) is 5.15. The minimum Gasteiger partial charge on any atom is -0.349 e. The van der Waals surface area contributed by atoms with E-state index >= 15 is 0 Å². The first-order valence-electron chi connectivity index (χ1n) is 11.6. The fourth-order valence-electron chi connectivity index (χ4n) is 5.15. The second-order valence-corrected chi connectivity index (χ2v) is 9.73. The van der Waals surface area contributed by atoms with E-state index in [1.54, 1.807) is 0 Å². The van der Waals surface area contributed by atoms with E-state index in [1.165, 1.54) is 22.3 Å². The summed E-state index contributed by atoms with van der Waals surface area (Å²) in [6.45, 7) is 3.72. The predicted octanol–water partition coefficient (Wildman–Crippen LogP) is 6.34. The topological polar surface area (TPSA) is 19.4 Å². The Bertz CT molecular complexity index is 1070. The molecule has 0 unspecified atom stereocenters. The molecule has 3 aliphatic rings. The van der Waals surface area contributed by atoms with E-state index in [1.807, 2.05) is 11.1 Å². The van der Waals surface area contributed by atoms with E-state index in [-0.39, 0.29) is 19.4 Å². The van der Waals surface area contributed by atoms with Gasteiger partial charge in [-0.25, -0.2) is 0 Å². The van der Waals surface area contributed by atoms with Crippen LogP contribution in [0.4, 0.5) is 13.2 Å². The molecule has 3 nitrogen and oxygen atoms in total. The van der Waals surface area contributed by atoms with Crippen LogP contribution in [0.5, 0.6) is 0 Å². The molecule has 0 amide bonds. The van der Waals surface area contributed by atoms with Crippen LogP contribution in [-0.2, 0) is 0 Å². The van der Waals surface area contributed by atoms with Gasteiger partial charge in [0.1, 0.15) is 0 Å². The number of benzene rings is 1. The fraction of sp³-hybridized carbons (Fsp3) is 0.500. The summed E-state index contributed by atoms with van der Waals surface area (Å²) in [5.74, 6) is 0.307. The van der Waals surface area contributed by atoms with E-state index in [9.17, 15) is 13.2 Å². The van der Waals surface area contributed by atoms with Crippen molar-refractivity contribution in [2.75, 3.05) is 26.7 Å². The Balaban J connectivity index is 1.30. The highest BCUT2D eigenvalue weighted by atomic mass is 19.4. The normalized spacial score (nSPS) is 22.1. The van der Waals surface area contributed by atoms with Crippen LogP contribution in [0.3, 0.4) is 0 Å². The van der Waals surface area contributed by atoms with Gasteiger partial charge in [0.05, 0.1) is 5.41 Å². The summed E-state index contributed by atoms with van der Waals surface area (Å²) in [7, 11) is 2.09. The van der Waals surface area contributed by atoms with E-state index in [4.69, 9.17) is 4.98 Å². The van der Waals surface area contributed by atoms with Crippen LogP contribution < -0.4 is 0 Å². The van der Waals surface area contributed by atoms with Crippen LogP contribution in [0.15, 0.2) is 48.3 Å². The van der Waals surface area contributed by atoms with Gasteiger partial charge >= 0.3 is 6.18 Å². The van der Waals surface area contributed by atoms with E-state index in [0.29, 0.717) is 19.0 Å². The number of aromatic nitrogens is 1. The molecule has 3 heterocycles. The van der Waals surface area contributed by atoms with Crippen LogP contribution in [0.25, 0.3) is 16.5 Å². The largest absolute Gasteiger partial charge is 0.395 e. The van der Waals surface area contributed by atoms with Crippen LogP contribution >= 0.6 is 0 Å². The summed E-state index contributed by atoms with van der Waals surface area (Å²) in [6.07, 6.45) is 5.58. The van der Waals surface area contributed by atoms with Crippen LogP contribution in [0.1, 0.15) is 56.2 Å². The number of hydrogen-bond donors (Lipinski definition) is 0. The predicted molar refractivity (Wildman–Crippen MR) is 122 cm³/mol. The summed E-state index contributed by atoms with van der Waals surface area (Å²) in [6, 6.07) is 8.69. The van der Waals surface area contributed by atoms with Crippen molar-refractivity contribution in [3.05, 3.63) is 59.6 Å². The van der Waals surface area contributed by atoms with Crippen molar-refractivity contribution in [1.82, 2.24) is 14.8 Å². The third-order valence-corrected chi connectivity index (χ3v) is 7.64. The Morgan fingerprint density at radius 1 is 1.06 bits per heavy atom. The maximum absolute atomic E-state index is 13.3. The second-order valence-electron chi connectivity index (χ2n) is 9.73. The van der Waals surface area contributed by atoms with Gasteiger partial charge in [0.15, 0.2) is 0 Å². The Kier molecular flexibility index (Phi) is 5.31. The van der Waals surface area contributed by atoms with Gasteiger partial charge < -0.3 is 9.80 Å². The van der Waals surface area contributed by atoms with Crippen LogP contribution in [-0.4, -0.2) is 47.6 Å². The van der Waals surface area contributed by atoms with Crippen molar-refractivity contribution in [3.8, 4) is 0 Å². The van der Waals surface area contributed by atoms with Crippen molar-refractivity contribution in [1.29, 1.82) is 0 Å². The SMILES string of the molecule is CC1=CCC=C(c2ccc3cnc(C4CCN(CC5(C(F)(F)F)CC5)CC4)cc3c2)N1C. The third-order valence-electron chi connectivity index (χ3n) is 7.64. The molecule has 0 bridgehead atoms. The number of alkyl halides is 3. The zero-order valence-electron chi connectivity index (χ0n) is 18.8. The minimum absolute atomic E-state index is 0.161. The molecule has 2 aromatic rings. The Hall–Kier alpha value is -2.34. The molecule has 1 saturated carbocycles. The Morgan fingerprint density at radius 3 is 2.50 bits per heavy atom. The lowest BCUT2D eigenvalue weighted by Gasteiger charge is -2.34. The van der Waals surface area contributed by atoms with E-state index in [0.717, 1.165) is 30.3 Å². The number of likely N-dealkylation sites (tertiary alicyclic amines) is 1. The summed E-state index contributed by atoms with van der Waals surface area (Å²) in [5, 5.41) is 2.28. The molecule has 5 rings (SSSR count). The minimum atomic E-state index is -4.07. The number of piperidine rings is 1. The number of fused-ring (bicyclic) bond motifs is 1. The number of allylic oxidation sites excluding steroid dienone is 3. The first kappa shape index (κ1) is 21.5. The van der Waals surface area contributed by atoms with Gasteiger partial charge in [0.25, 0.3) is 0 Å². The molecule has 170 valence electrons. The van der Waals surface area contributed by atoms with Gasteiger partial charge in [-0.2, -0.15) is 13.2 Å². The lowest BCUT2D eigenvalue weighted by Crippen LogP contribution is -2.42. The van der Waals surface area contributed by atoms with Gasteiger partial charge in [0, 0.05) is 48.2 Å². The van der Waals surface area contributed by atoms with Crippen molar-refractivity contribution in [3.63, 3.8) is 0 Å². The lowest BCUT2D eigenvalue weighted by molar-refractivity contribution is -0.192. The molecule has 1 aromatic carbocycles. The standard InChI is InChI=1S/C26H30F3N3/c1-18-4-3-5-24(31(18)2)20-6-7-21-16-30-23(15-22(21)14-20)19-8-12-32(13-9-19)17-25(10-11-25)26(27,28)29/h4-7,14-16,19H,3,8-13,17H2,1-2H3. The van der Waals surface area contributed by atoms with Crippen molar-refractivity contribution < 1.29 is 13.2 Å². The summed E-state index contributed by atoms with van der Waals surface area (Å²) >= 11 is 0. The Morgan fingerprint density at radius 2 is 1.81 bits per heavy atom. The highest BCUT2D eigenvalue weighted by molar-refractivity contribution is 5.86. The molecule has 0 N–H and O–H groups in total. The smallest absolute Gasteiger partial charge is 0.349 e. The molecule has 1 aromatic heterocycles. The van der Waals surface area contributed by atoms with E-state index in [2.05, 4.69) is 55.3 Å².